The zero-order valence-corrected chi connectivity index (χ0v) is 10.6. The van der Waals surface area contributed by atoms with Crippen LogP contribution in [-0.2, 0) is 9.53 Å². The monoisotopic (exact) mass is 256 g/mol. The van der Waals surface area contributed by atoms with Crippen molar-refractivity contribution in [2.75, 3.05) is 26.8 Å². The third-order valence-electron chi connectivity index (χ3n) is 2.78. The van der Waals surface area contributed by atoms with Gasteiger partial charge in [-0.2, -0.15) is 0 Å². The fraction of sp³-hybridized carbons (Fsp3) is 0.667. The summed E-state index contributed by atoms with van der Waals surface area (Å²) in [5, 5.41) is 11.6. The highest BCUT2D eigenvalue weighted by molar-refractivity contribution is 5.82. The van der Waals surface area contributed by atoms with Crippen molar-refractivity contribution in [2.24, 2.45) is 0 Å². The van der Waals surface area contributed by atoms with Gasteiger partial charge in [-0.25, -0.2) is 9.59 Å². The minimum Gasteiger partial charge on any atom is -0.480 e. The molecule has 1 aliphatic heterocycles. The molecule has 0 fully saturated rings. The minimum atomic E-state index is -1.01. The molecular formula is C12H20N2O4. The van der Waals surface area contributed by atoms with Crippen LogP contribution in [0.2, 0.25) is 0 Å². The summed E-state index contributed by atoms with van der Waals surface area (Å²) in [6, 6.07) is -1.16. The molecule has 0 saturated carbocycles. The molecule has 102 valence electrons. The molecule has 2 amide bonds. The highest BCUT2D eigenvalue weighted by Crippen LogP contribution is 2.04. The third kappa shape index (κ3) is 4.75. The Labute approximate surface area is 107 Å². The molecule has 0 aromatic heterocycles. The summed E-state index contributed by atoms with van der Waals surface area (Å²) >= 11 is 0. The van der Waals surface area contributed by atoms with Gasteiger partial charge in [-0.1, -0.05) is 12.2 Å². The first-order valence-corrected chi connectivity index (χ1v) is 6.07. The minimum absolute atomic E-state index is 0.316. The van der Waals surface area contributed by atoms with E-state index in [4.69, 9.17) is 9.84 Å². The summed E-state index contributed by atoms with van der Waals surface area (Å²) in [4.78, 5) is 24.5. The number of carbonyl (C=O) groups excluding carboxylic acids is 1. The molecule has 0 aromatic rings. The van der Waals surface area contributed by atoms with Crippen LogP contribution in [0.3, 0.4) is 0 Å². The number of carboxylic acids is 1. The van der Waals surface area contributed by atoms with Crippen LogP contribution in [0.15, 0.2) is 12.2 Å². The second-order valence-corrected chi connectivity index (χ2v) is 4.18. The van der Waals surface area contributed by atoms with Gasteiger partial charge >= 0.3 is 12.0 Å². The Morgan fingerprint density at radius 2 is 2.28 bits per heavy atom. The lowest BCUT2D eigenvalue weighted by Crippen LogP contribution is -2.48. The maximum Gasteiger partial charge on any atom is 0.326 e. The van der Waals surface area contributed by atoms with Crippen LogP contribution < -0.4 is 5.32 Å². The zero-order chi connectivity index (χ0) is 13.4. The molecule has 6 heteroatoms. The lowest BCUT2D eigenvalue weighted by atomic mass is 10.1. The fourth-order valence-electron chi connectivity index (χ4n) is 1.76. The van der Waals surface area contributed by atoms with Gasteiger partial charge in [-0.05, 0) is 19.3 Å². The van der Waals surface area contributed by atoms with E-state index in [2.05, 4.69) is 5.32 Å². The molecule has 1 rings (SSSR count). The lowest BCUT2D eigenvalue weighted by molar-refractivity contribution is -0.139. The van der Waals surface area contributed by atoms with E-state index in [1.807, 2.05) is 12.2 Å². The van der Waals surface area contributed by atoms with E-state index in [1.165, 1.54) is 0 Å². The Bertz CT molecular complexity index is 317. The van der Waals surface area contributed by atoms with Crippen LogP contribution in [0.5, 0.6) is 0 Å². The molecular weight excluding hydrogens is 236 g/mol. The number of nitrogens with zero attached hydrogens (tertiary/aromatic N) is 1. The van der Waals surface area contributed by atoms with E-state index in [9.17, 15) is 9.59 Å². The van der Waals surface area contributed by atoms with E-state index in [0.717, 1.165) is 6.42 Å². The van der Waals surface area contributed by atoms with Crippen LogP contribution in [0.25, 0.3) is 0 Å². The smallest absolute Gasteiger partial charge is 0.326 e. The molecule has 0 aromatic carbocycles. The Hall–Kier alpha value is -1.56. The van der Waals surface area contributed by atoms with Crippen LogP contribution in [0.1, 0.15) is 19.3 Å². The van der Waals surface area contributed by atoms with Crippen molar-refractivity contribution in [3.63, 3.8) is 0 Å². The van der Waals surface area contributed by atoms with Gasteiger partial charge < -0.3 is 20.1 Å². The van der Waals surface area contributed by atoms with Gasteiger partial charge in [0.1, 0.15) is 6.04 Å². The summed E-state index contributed by atoms with van der Waals surface area (Å²) in [6.07, 6.45) is 5.71. The molecule has 0 saturated heterocycles. The highest BCUT2D eigenvalue weighted by Gasteiger charge is 2.22. The number of carboxylic acid groups (broad SMARTS) is 1. The standard InChI is InChI=1S/C12H20N2O4/c1-18-9-5-6-10(11(15)16)13-12(17)14-7-3-2-4-8-14/h2-3,10H,4-9H2,1H3,(H,13,17)(H,15,16). The average Bonchev–Trinajstić information content (AvgIpc) is 2.38. The molecule has 1 unspecified atom stereocenters. The SMILES string of the molecule is COCCCC(NC(=O)N1CC=CCC1)C(=O)O. The van der Waals surface area contributed by atoms with Gasteiger partial charge in [0.2, 0.25) is 0 Å². The molecule has 0 spiro atoms. The number of carbonyl (C=O) groups is 2. The summed E-state index contributed by atoms with van der Waals surface area (Å²) in [5.41, 5.74) is 0. The second kappa shape index (κ2) is 7.71. The van der Waals surface area contributed by atoms with E-state index in [0.29, 0.717) is 32.5 Å². The van der Waals surface area contributed by atoms with Gasteiger partial charge in [0, 0.05) is 26.8 Å². The number of rotatable bonds is 6. The quantitative estimate of drug-likeness (QED) is 0.545. The molecule has 1 atom stereocenters. The Morgan fingerprint density at radius 1 is 1.50 bits per heavy atom. The van der Waals surface area contributed by atoms with Crippen LogP contribution in [0.4, 0.5) is 4.79 Å². The molecule has 18 heavy (non-hydrogen) atoms. The predicted octanol–water partition coefficient (Wildman–Crippen LogP) is 0.838. The van der Waals surface area contributed by atoms with Gasteiger partial charge in [0.25, 0.3) is 0 Å². The number of hydrogen-bond acceptors (Lipinski definition) is 3. The molecule has 1 aliphatic rings. The first kappa shape index (κ1) is 14.5. The van der Waals surface area contributed by atoms with Gasteiger partial charge in [0.05, 0.1) is 0 Å². The van der Waals surface area contributed by atoms with Crippen molar-refractivity contribution in [3.05, 3.63) is 12.2 Å². The van der Waals surface area contributed by atoms with E-state index in [-0.39, 0.29) is 6.03 Å². The van der Waals surface area contributed by atoms with Crippen molar-refractivity contribution in [3.8, 4) is 0 Å². The van der Waals surface area contributed by atoms with Crippen molar-refractivity contribution in [1.82, 2.24) is 10.2 Å². The zero-order valence-electron chi connectivity index (χ0n) is 10.6. The van der Waals surface area contributed by atoms with Crippen molar-refractivity contribution in [2.45, 2.75) is 25.3 Å². The fourth-order valence-corrected chi connectivity index (χ4v) is 1.76. The number of nitrogens with one attached hydrogen (secondary N) is 1. The summed E-state index contributed by atoms with van der Waals surface area (Å²) in [5.74, 6) is -1.01. The number of amides is 2. The highest BCUT2D eigenvalue weighted by atomic mass is 16.5. The first-order chi connectivity index (χ1) is 8.65. The number of urea groups is 1. The van der Waals surface area contributed by atoms with Crippen molar-refractivity contribution >= 4 is 12.0 Å². The second-order valence-electron chi connectivity index (χ2n) is 4.18. The van der Waals surface area contributed by atoms with Crippen LogP contribution in [0, 0.1) is 0 Å². The van der Waals surface area contributed by atoms with E-state index in [1.54, 1.807) is 12.0 Å². The number of ether oxygens (including phenoxy) is 1. The molecule has 2 N–H and O–H groups in total. The van der Waals surface area contributed by atoms with Gasteiger partial charge in [-0.15, -0.1) is 0 Å². The molecule has 0 radical (unpaired) electrons. The maximum atomic E-state index is 11.8. The third-order valence-corrected chi connectivity index (χ3v) is 2.78. The first-order valence-electron chi connectivity index (χ1n) is 6.07. The van der Waals surface area contributed by atoms with Crippen molar-refractivity contribution < 1.29 is 19.4 Å². The normalized spacial score (nSPS) is 16.4. The Balaban J connectivity index is 2.41. The number of methoxy groups -OCH3 is 1. The lowest BCUT2D eigenvalue weighted by Gasteiger charge is -2.25. The molecule has 0 bridgehead atoms. The topological polar surface area (TPSA) is 78.9 Å². The number of hydrogen-bond donors (Lipinski definition) is 2. The molecule has 6 nitrogen and oxygen atoms in total. The van der Waals surface area contributed by atoms with Gasteiger partial charge in [0.15, 0.2) is 0 Å². The Morgan fingerprint density at radius 3 is 2.83 bits per heavy atom. The van der Waals surface area contributed by atoms with Crippen LogP contribution >= 0.6 is 0 Å². The van der Waals surface area contributed by atoms with Crippen LogP contribution in [-0.4, -0.2) is 54.9 Å². The van der Waals surface area contributed by atoms with E-state index >= 15 is 0 Å². The molecule has 0 aliphatic carbocycles. The largest absolute Gasteiger partial charge is 0.480 e. The summed E-state index contributed by atoms with van der Waals surface area (Å²) in [7, 11) is 1.56. The van der Waals surface area contributed by atoms with Gasteiger partial charge in [-0.3, -0.25) is 0 Å². The number of aliphatic carboxylic acids is 1. The maximum absolute atomic E-state index is 11.8. The Kier molecular flexibility index (Phi) is 6.21. The average molecular weight is 256 g/mol. The van der Waals surface area contributed by atoms with Crippen molar-refractivity contribution in [1.29, 1.82) is 0 Å². The predicted molar refractivity (Wildman–Crippen MR) is 66.4 cm³/mol. The summed E-state index contributed by atoms with van der Waals surface area (Å²) in [6.45, 7) is 1.66. The molecule has 1 heterocycles. The van der Waals surface area contributed by atoms with E-state index < -0.39 is 12.0 Å². The summed E-state index contributed by atoms with van der Waals surface area (Å²) < 4.78 is 4.87.